The lowest BCUT2D eigenvalue weighted by molar-refractivity contribution is 0.290. The quantitative estimate of drug-likeness (QED) is 0.780. The molecule has 0 fully saturated rings. The van der Waals surface area contributed by atoms with Crippen molar-refractivity contribution in [2.45, 2.75) is 59.2 Å². The summed E-state index contributed by atoms with van der Waals surface area (Å²) in [5.74, 6) is 0. The van der Waals surface area contributed by atoms with Gasteiger partial charge in [-0.3, -0.25) is 9.97 Å². The Kier molecular flexibility index (Phi) is 4.67. The van der Waals surface area contributed by atoms with E-state index in [-0.39, 0.29) is 5.04 Å². The first-order valence-electron chi connectivity index (χ1n) is 6.56. The fourth-order valence-corrected chi connectivity index (χ4v) is 2.38. The zero-order valence-corrected chi connectivity index (χ0v) is 13.8. The smallest absolute Gasteiger partial charge is 0.191 e. The van der Waals surface area contributed by atoms with Crippen LogP contribution in [-0.2, 0) is 10.8 Å². The van der Waals surface area contributed by atoms with Gasteiger partial charge in [0.2, 0.25) is 0 Å². The summed E-state index contributed by atoms with van der Waals surface area (Å²) in [7, 11) is -1.63. The number of rotatable bonds is 4. The highest BCUT2D eigenvalue weighted by atomic mass is 28.4. The zero-order valence-electron chi connectivity index (χ0n) is 12.8. The molecular formula is C14H26N2OSi. The second-order valence-electron chi connectivity index (χ2n) is 6.39. The van der Waals surface area contributed by atoms with E-state index in [2.05, 4.69) is 43.8 Å². The molecule has 1 aromatic rings. The third-order valence-electron chi connectivity index (χ3n) is 3.87. The second-order valence-corrected chi connectivity index (χ2v) is 11.2. The van der Waals surface area contributed by atoms with Crippen LogP contribution in [0.5, 0.6) is 0 Å². The Labute approximate surface area is 112 Å². The molecule has 3 nitrogen and oxygen atoms in total. The lowest BCUT2D eigenvalue weighted by Crippen LogP contribution is -2.41. The van der Waals surface area contributed by atoms with E-state index in [4.69, 9.17) is 4.43 Å². The molecule has 0 aromatic carbocycles. The number of aromatic nitrogens is 2. The Morgan fingerprint density at radius 3 is 2.28 bits per heavy atom. The summed E-state index contributed by atoms with van der Waals surface area (Å²) in [6.07, 6.45) is 2.71. The second kappa shape index (κ2) is 5.49. The van der Waals surface area contributed by atoms with Gasteiger partial charge in [-0.2, -0.15) is 0 Å². The first kappa shape index (κ1) is 15.3. The monoisotopic (exact) mass is 266 g/mol. The fraction of sp³-hybridized carbons (Fsp3) is 0.714. The standard InChI is InChI=1S/C14H26N2OSi/c1-11-12(2)16-13(10-15-11)8-9-17-18(6,7)14(3,4)5/h10H,8-9H2,1-7H3. The Hall–Kier alpha value is -0.743. The number of hydrogen-bond donors (Lipinski definition) is 0. The van der Waals surface area contributed by atoms with E-state index in [1.807, 2.05) is 20.0 Å². The Balaban J connectivity index is 2.54. The zero-order chi connectivity index (χ0) is 14.0. The van der Waals surface area contributed by atoms with Crippen LogP contribution in [0.3, 0.4) is 0 Å². The molecule has 0 aliphatic rings. The van der Waals surface area contributed by atoms with Gasteiger partial charge in [-0.05, 0) is 32.0 Å². The molecule has 1 aromatic heterocycles. The van der Waals surface area contributed by atoms with Crippen LogP contribution in [-0.4, -0.2) is 24.9 Å². The first-order chi connectivity index (χ1) is 8.13. The molecule has 18 heavy (non-hydrogen) atoms. The molecule has 0 unspecified atom stereocenters. The topological polar surface area (TPSA) is 35.0 Å². The third kappa shape index (κ3) is 3.88. The maximum absolute atomic E-state index is 6.14. The molecule has 0 saturated carbocycles. The molecule has 0 aliphatic carbocycles. The molecule has 0 aliphatic heterocycles. The summed E-state index contributed by atoms with van der Waals surface area (Å²) in [4.78, 5) is 8.86. The number of aryl methyl sites for hydroxylation is 2. The molecule has 0 bridgehead atoms. The predicted molar refractivity (Wildman–Crippen MR) is 78.4 cm³/mol. The van der Waals surface area contributed by atoms with Crippen molar-refractivity contribution in [3.05, 3.63) is 23.3 Å². The maximum Gasteiger partial charge on any atom is 0.191 e. The molecule has 102 valence electrons. The van der Waals surface area contributed by atoms with Crippen LogP contribution in [0.4, 0.5) is 0 Å². The lowest BCUT2D eigenvalue weighted by Gasteiger charge is -2.36. The van der Waals surface area contributed by atoms with Gasteiger partial charge in [0.15, 0.2) is 8.32 Å². The van der Waals surface area contributed by atoms with Crippen LogP contribution in [0.1, 0.15) is 37.9 Å². The number of nitrogens with zero attached hydrogens (tertiary/aromatic N) is 2. The van der Waals surface area contributed by atoms with Gasteiger partial charge >= 0.3 is 0 Å². The van der Waals surface area contributed by atoms with Gasteiger partial charge in [-0.1, -0.05) is 20.8 Å². The van der Waals surface area contributed by atoms with Crippen LogP contribution in [0.2, 0.25) is 18.1 Å². The van der Waals surface area contributed by atoms with Crippen molar-refractivity contribution < 1.29 is 4.43 Å². The average molecular weight is 266 g/mol. The molecule has 1 rings (SSSR count). The van der Waals surface area contributed by atoms with Crippen LogP contribution in [0.25, 0.3) is 0 Å². The number of hydrogen-bond acceptors (Lipinski definition) is 3. The lowest BCUT2D eigenvalue weighted by atomic mass is 10.2. The van der Waals surface area contributed by atoms with Crippen molar-refractivity contribution >= 4 is 8.32 Å². The maximum atomic E-state index is 6.14. The Morgan fingerprint density at radius 2 is 1.78 bits per heavy atom. The van der Waals surface area contributed by atoms with E-state index < -0.39 is 8.32 Å². The molecule has 0 amide bonds. The van der Waals surface area contributed by atoms with Gasteiger partial charge in [-0.25, -0.2) is 0 Å². The van der Waals surface area contributed by atoms with Gasteiger partial charge in [0.1, 0.15) is 0 Å². The molecule has 1 heterocycles. The highest BCUT2D eigenvalue weighted by Crippen LogP contribution is 2.36. The van der Waals surface area contributed by atoms with Gasteiger partial charge in [0, 0.05) is 19.2 Å². The van der Waals surface area contributed by atoms with Crippen LogP contribution in [0, 0.1) is 13.8 Å². The summed E-state index contributed by atoms with van der Waals surface area (Å²) in [6, 6.07) is 0. The summed E-state index contributed by atoms with van der Waals surface area (Å²) >= 11 is 0. The Morgan fingerprint density at radius 1 is 1.17 bits per heavy atom. The highest BCUT2D eigenvalue weighted by Gasteiger charge is 2.36. The van der Waals surface area contributed by atoms with Crippen molar-refractivity contribution in [1.29, 1.82) is 0 Å². The molecule has 0 N–H and O–H groups in total. The summed E-state index contributed by atoms with van der Waals surface area (Å²) in [5, 5.41) is 0.266. The molecule has 0 radical (unpaired) electrons. The van der Waals surface area contributed by atoms with E-state index in [9.17, 15) is 0 Å². The van der Waals surface area contributed by atoms with Crippen molar-refractivity contribution in [2.24, 2.45) is 0 Å². The van der Waals surface area contributed by atoms with Gasteiger partial charge in [-0.15, -0.1) is 0 Å². The summed E-state index contributed by atoms with van der Waals surface area (Å²) in [5.41, 5.74) is 3.04. The van der Waals surface area contributed by atoms with Crippen LogP contribution in [0.15, 0.2) is 6.20 Å². The third-order valence-corrected chi connectivity index (χ3v) is 8.41. The van der Waals surface area contributed by atoms with Crippen LogP contribution >= 0.6 is 0 Å². The van der Waals surface area contributed by atoms with Gasteiger partial charge < -0.3 is 4.43 Å². The highest BCUT2D eigenvalue weighted by molar-refractivity contribution is 6.74. The minimum absolute atomic E-state index is 0.266. The van der Waals surface area contributed by atoms with Crippen LogP contribution < -0.4 is 0 Å². The van der Waals surface area contributed by atoms with E-state index >= 15 is 0 Å². The first-order valence-corrected chi connectivity index (χ1v) is 9.47. The molecule has 0 saturated heterocycles. The van der Waals surface area contributed by atoms with Crippen molar-refractivity contribution in [3.63, 3.8) is 0 Å². The summed E-state index contributed by atoms with van der Waals surface area (Å²) < 4.78 is 6.14. The minimum atomic E-state index is -1.63. The largest absolute Gasteiger partial charge is 0.416 e. The van der Waals surface area contributed by atoms with Crippen molar-refractivity contribution in [3.8, 4) is 0 Å². The van der Waals surface area contributed by atoms with Gasteiger partial charge in [0.25, 0.3) is 0 Å². The minimum Gasteiger partial charge on any atom is -0.416 e. The van der Waals surface area contributed by atoms with Crippen molar-refractivity contribution in [2.75, 3.05) is 6.61 Å². The normalized spacial score (nSPS) is 12.8. The molecule has 0 spiro atoms. The van der Waals surface area contributed by atoms with Crippen molar-refractivity contribution in [1.82, 2.24) is 9.97 Å². The van der Waals surface area contributed by atoms with E-state index in [1.54, 1.807) is 0 Å². The Bertz CT molecular complexity index is 411. The summed E-state index contributed by atoms with van der Waals surface area (Å²) in [6.45, 7) is 16.1. The molecule has 0 atom stereocenters. The van der Waals surface area contributed by atoms with E-state index in [0.717, 1.165) is 30.1 Å². The van der Waals surface area contributed by atoms with E-state index in [0.29, 0.717) is 0 Å². The molecular weight excluding hydrogens is 240 g/mol. The SMILES string of the molecule is Cc1ncc(CCO[Si](C)(C)C(C)(C)C)nc1C. The van der Waals surface area contributed by atoms with E-state index in [1.165, 1.54) is 0 Å². The van der Waals surface area contributed by atoms with Gasteiger partial charge in [0.05, 0.1) is 17.1 Å². The average Bonchev–Trinajstić information content (AvgIpc) is 2.21. The molecule has 4 heteroatoms. The fourth-order valence-electron chi connectivity index (χ4n) is 1.34. The predicted octanol–water partition coefficient (Wildman–Crippen LogP) is 3.66.